The second-order valence-electron chi connectivity index (χ2n) is 5.43. The lowest BCUT2D eigenvalue weighted by Crippen LogP contribution is -2.37. The number of aryl methyl sites for hydroxylation is 1. The van der Waals surface area contributed by atoms with Gasteiger partial charge in [-0.15, -0.1) is 0 Å². The molecule has 1 heterocycles. The molecule has 0 aliphatic rings. The summed E-state index contributed by atoms with van der Waals surface area (Å²) in [4.78, 5) is 12.0. The number of nitrogens with one attached hydrogen (secondary N) is 2. The van der Waals surface area contributed by atoms with Gasteiger partial charge in [0.2, 0.25) is 0 Å². The van der Waals surface area contributed by atoms with Crippen molar-refractivity contribution in [2.75, 3.05) is 12.3 Å². The van der Waals surface area contributed by atoms with Gasteiger partial charge in [-0.3, -0.25) is 9.89 Å². The third-order valence-corrected chi connectivity index (χ3v) is 3.47. The summed E-state index contributed by atoms with van der Waals surface area (Å²) in [5, 5.41) is 9.42. The van der Waals surface area contributed by atoms with Crippen LogP contribution in [-0.4, -0.2) is 22.6 Å². The molecule has 0 spiro atoms. The van der Waals surface area contributed by atoms with Crippen LogP contribution in [0.4, 0.5) is 5.82 Å². The lowest BCUT2D eigenvalue weighted by Gasteiger charge is -2.29. The Morgan fingerprint density at radius 1 is 1.53 bits per heavy atom. The number of aromatic nitrogens is 2. The van der Waals surface area contributed by atoms with Crippen LogP contribution in [0.15, 0.2) is 0 Å². The maximum absolute atomic E-state index is 12.0. The van der Waals surface area contributed by atoms with E-state index in [1.807, 2.05) is 0 Å². The number of aromatic amines is 1. The molecule has 96 valence electrons. The van der Waals surface area contributed by atoms with E-state index < -0.39 is 0 Å². The van der Waals surface area contributed by atoms with Crippen molar-refractivity contribution in [3.8, 4) is 0 Å². The summed E-state index contributed by atoms with van der Waals surface area (Å²) in [5.74, 6) is 0.579. The second kappa shape index (κ2) is 4.77. The van der Waals surface area contributed by atoms with Crippen LogP contribution in [0.5, 0.6) is 0 Å². The molecule has 1 amide bonds. The molecule has 0 radical (unpaired) electrons. The lowest BCUT2D eigenvalue weighted by atomic mass is 9.81. The SMILES string of the molecule is Cc1[nH]nc(N)c1C(=O)NCC(C)(C)C(C)C. The molecule has 0 aliphatic heterocycles. The van der Waals surface area contributed by atoms with Crippen molar-refractivity contribution < 1.29 is 4.79 Å². The molecule has 4 N–H and O–H groups in total. The number of hydrogen-bond donors (Lipinski definition) is 3. The van der Waals surface area contributed by atoms with Crippen LogP contribution in [0, 0.1) is 18.3 Å². The number of nitrogens with zero attached hydrogens (tertiary/aromatic N) is 1. The third kappa shape index (κ3) is 2.99. The Balaban J connectivity index is 2.69. The van der Waals surface area contributed by atoms with Crippen LogP contribution in [0.3, 0.4) is 0 Å². The maximum atomic E-state index is 12.0. The van der Waals surface area contributed by atoms with Crippen molar-refractivity contribution in [3.05, 3.63) is 11.3 Å². The average molecular weight is 238 g/mol. The van der Waals surface area contributed by atoms with Gasteiger partial charge in [0.15, 0.2) is 5.82 Å². The molecule has 5 heteroatoms. The molecule has 0 bridgehead atoms. The number of amides is 1. The highest BCUT2D eigenvalue weighted by Gasteiger charge is 2.24. The molecule has 5 nitrogen and oxygen atoms in total. The number of H-pyrrole nitrogens is 1. The summed E-state index contributed by atoms with van der Waals surface area (Å²) in [6, 6.07) is 0. The van der Waals surface area contributed by atoms with Gasteiger partial charge < -0.3 is 11.1 Å². The number of carbonyl (C=O) groups is 1. The first kappa shape index (κ1) is 13.5. The number of anilines is 1. The van der Waals surface area contributed by atoms with Gasteiger partial charge in [0.05, 0.1) is 0 Å². The standard InChI is InChI=1S/C12H22N4O/c1-7(2)12(4,5)6-14-11(17)9-8(3)15-16-10(9)13/h7H,6H2,1-5H3,(H,14,17)(H3,13,15,16). The van der Waals surface area contributed by atoms with Gasteiger partial charge in [0, 0.05) is 12.2 Å². The van der Waals surface area contributed by atoms with Crippen molar-refractivity contribution >= 4 is 11.7 Å². The first-order chi connectivity index (χ1) is 7.75. The third-order valence-electron chi connectivity index (χ3n) is 3.47. The van der Waals surface area contributed by atoms with E-state index >= 15 is 0 Å². The van der Waals surface area contributed by atoms with Gasteiger partial charge in [-0.1, -0.05) is 27.7 Å². The van der Waals surface area contributed by atoms with Crippen LogP contribution in [0.25, 0.3) is 0 Å². The first-order valence-corrected chi connectivity index (χ1v) is 5.84. The minimum absolute atomic E-state index is 0.0576. The first-order valence-electron chi connectivity index (χ1n) is 5.84. The Hall–Kier alpha value is -1.52. The minimum Gasteiger partial charge on any atom is -0.382 e. The predicted molar refractivity (Wildman–Crippen MR) is 68.7 cm³/mol. The summed E-state index contributed by atoms with van der Waals surface area (Å²) in [7, 11) is 0. The highest BCUT2D eigenvalue weighted by atomic mass is 16.1. The Kier molecular flexibility index (Phi) is 3.80. The van der Waals surface area contributed by atoms with Crippen LogP contribution in [-0.2, 0) is 0 Å². The largest absolute Gasteiger partial charge is 0.382 e. The predicted octanol–water partition coefficient (Wildman–Crippen LogP) is 1.71. The molecular formula is C12H22N4O. The van der Waals surface area contributed by atoms with Crippen LogP contribution in [0.2, 0.25) is 0 Å². The van der Waals surface area contributed by atoms with E-state index in [1.165, 1.54) is 0 Å². The Bertz CT molecular complexity index is 387. The molecule has 0 saturated heterocycles. The Morgan fingerprint density at radius 2 is 2.12 bits per heavy atom. The minimum atomic E-state index is -0.164. The van der Waals surface area contributed by atoms with Gasteiger partial charge in [-0.2, -0.15) is 5.10 Å². The zero-order chi connectivity index (χ0) is 13.2. The summed E-state index contributed by atoms with van der Waals surface area (Å²) in [6.45, 7) is 10.9. The summed E-state index contributed by atoms with van der Waals surface area (Å²) in [6.07, 6.45) is 0. The van der Waals surface area contributed by atoms with E-state index in [0.717, 1.165) is 0 Å². The van der Waals surface area contributed by atoms with Gasteiger partial charge in [-0.25, -0.2) is 0 Å². The molecule has 1 aromatic rings. The van der Waals surface area contributed by atoms with E-state index in [9.17, 15) is 4.79 Å². The molecule has 0 saturated carbocycles. The number of nitrogen functional groups attached to an aromatic ring is 1. The zero-order valence-electron chi connectivity index (χ0n) is 11.2. The van der Waals surface area contributed by atoms with Crippen molar-refractivity contribution in [2.45, 2.75) is 34.6 Å². The van der Waals surface area contributed by atoms with Crippen molar-refractivity contribution in [1.82, 2.24) is 15.5 Å². The van der Waals surface area contributed by atoms with Gasteiger partial charge in [-0.05, 0) is 18.3 Å². The van der Waals surface area contributed by atoms with Crippen molar-refractivity contribution in [1.29, 1.82) is 0 Å². The van der Waals surface area contributed by atoms with E-state index in [0.29, 0.717) is 23.7 Å². The second-order valence-corrected chi connectivity index (χ2v) is 5.43. The Labute approximate surface area is 102 Å². The smallest absolute Gasteiger partial charge is 0.256 e. The monoisotopic (exact) mass is 238 g/mol. The topological polar surface area (TPSA) is 83.8 Å². The fourth-order valence-corrected chi connectivity index (χ4v) is 1.34. The van der Waals surface area contributed by atoms with E-state index in [2.05, 4.69) is 43.2 Å². The molecule has 1 aromatic heterocycles. The molecule has 0 unspecified atom stereocenters. The lowest BCUT2D eigenvalue weighted by molar-refractivity contribution is 0.0925. The normalized spacial score (nSPS) is 11.9. The van der Waals surface area contributed by atoms with Crippen molar-refractivity contribution in [3.63, 3.8) is 0 Å². The molecule has 0 fully saturated rings. The number of hydrogen-bond acceptors (Lipinski definition) is 3. The molecule has 0 atom stereocenters. The fraction of sp³-hybridized carbons (Fsp3) is 0.667. The zero-order valence-corrected chi connectivity index (χ0v) is 11.2. The quantitative estimate of drug-likeness (QED) is 0.746. The Morgan fingerprint density at radius 3 is 2.53 bits per heavy atom. The molecule has 0 aliphatic carbocycles. The number of nitrogens with two attached hydrogens (primary N) is 1. The van der Waals surface area contributed by atoms with Gasteiger partial charge in [0.25, 0.3) is 5.91 Å². The van der Waals surface area contributed by atoms with Crippen LogP contribution >= 0.6 is 0 Å². The van der Waals surface area contributed by atoms with Gasteiger partial charge in [0.1, 0.15) is 5.56 Å². The molecule has 0 aromatic carbocycles. The number of rotatable bonds is 4. The van der Waals surface area contributed by atoms with Crippen LogP contribution < -0.4 is 11.1 Å². The maximum Gasteiger partial charge on any atom is 0.256 e. The summed E-state index contributed by atoms with van der Waals surface area (Å²) in [5.41, 5.74) is 6.84. The molecular weight excluding hydrogens is 216 g/mol. The van der Waals surface area contributed by atoms with Gasteiger partial charge >= 0.3 is 0 Å². The van der Waals surface area contributed by atoms with Crippen LogP contribution in [0.1, 0.15) is 43.7 Å². The summed E-state index contributed by atoms with van der Waals surface area (Å²) < 4.78 is 0. The summed E-state index contributed by atoms with van der Waals surface area (Å²) >= 11 is 0. The van der Waals surface area contributed by atoms with E-state index in [-0.39, 0.29) is 17.1 Å². The fourth-order valence-electron chi connectivity index (χ4n) is 1.34. The van der Waals surface area contributed by atoms with Crippen molar-refractivity contribution in [2.24, 2.45) is 11.3 Å². The highest BCUT2D eigenvalue weighted by molar-refractivity contribution is 5.99. The van der Waals surface area contributed by atoms with E-state index in [4.69, 9.17) is 5.73 Å². The highest BCUT2D eigenvalue weighted by Crippen LogP contribution is 2.25. The number of carbonyl (C=O) groups excluding carboxylic acids is 1. The average Bonchev–Trinajstić information content (AvgIpc) is 2.55. The molecule has 1 rings (SSSR count). The van der Waals surface area contributed by atoms with E-state index in [1.54, 1.807) is 6.92 Å². The molecule has 17 heavy (non-hydrogen) atoms.